The van der Waals surface area contributed by atoms with Gasteiger partial charge < -0.3 is 20.1 Å². The summed E-state index contributed by atoms with van der Waals surface area (Å²) >= 11 is 1.10. The molecule has 14 heteroatoms. The molecule has 0 aliphatic carbocycles. The van der Waals surface area contributed by atoms with E-state index in [1.54, 1.807) is 13.8 Å². The van der Waals surface area contributed by atoms with Crippen LogP contribution in [0, 0.1) is 10.8 Å². The first-order valence-electron chi connectivity index (χ1n) is 10.2. The van der Waals surface area contributed by atoms with Crippen molar-refractivity contribution < 1.29 is 47.1 Å². The van der Waals surface area contributed by atoms with Crippen LogP contribution in [0.4, 0.5) is 4.79 Å². The fraction of sp³-hybridized carbons (Fsp3) is 0.789. The Morgan fingerprint density at radius 1 is 1.18 bits per heavy atom. The molecule has 1 heterocycles. The lowest BCUT2D eigenvalue weighted by Crippen LogP contribution is -2.50. The van der Waals surface area contributed by atoms with Crippen molar-refractivity contribution in [2.24, 2.45) is 10.8 Å². The number of thioether (sulfide) groups is 1. The third kappa shape index (κ3) is 10.5. The number of esters is 1. The van der Waals surface area contributed by atoms with Gasteiger partial charge in [-0.2, -0.15) is 9.42 Å². The van der Waals surface area contributed by atoms with Gasteiger partial charge in [0.05, 0.1) is 13.5 Å². The van der Waals surface area contributed by atoms with Crippen molar-refractivity contribution in [2.45, 2.75) is 47.1 Å². The molecule has 0 bridgehead atoms. The van der Waals surface area contributed by atoms with E-state index >= 15 is 0 Å². The molecule has 2 atom stereocenters. The number of hydrogen-bond acceptors (Lipinski definition) is 11. The number of nitrogens with one attached hydrogen (secondary N) is 2. The predicted octanol–water partition coefficient (Wildman–Crippen LogP) is 1.78. The molecule has 0 aromatic carbocycles. The Morgan fingerprint density at radius 3 is 2.45 bits per heavy atom. The Morgan fingerprint density at radius 2 is 1.85 bits per heavy atom. The summed E-state index contributed by atoms with van der Waals surface area (Å²) in [5.41, 5.74) is -1.27. The molecule has 0 saturated carbocycles. The summed E-state index contributed by atoms with van der Waals surface area (Å²) < 4.78 is 25.1. The largest absolute Gasteiger partial charge is 0.576 e. The third-order valence-corrected chi connectivity index (χ3v) is 6.91. The van der Waals surface area contributed by atoms with Crippen LogP contribution >= 0.6 is 19.9 Å². The van der Waals surface area contributed by atoms with Gasteiger partial charge in [0.25, 0.3) is 5.91 Å². The highest BCUT2D eigenvalue weighted by Crippen LogP contribution is 2.63. The van der Waals surface area contributed by atoms with Gasteiger partial charge in [0.15, 0.2) is 11.2 Å². The van der Waals surface area contributed by atoms with Crippen molar-refractivity contribution in [3.05, 3.63) is 0 Å². The maximum atomic E-state index is 12.5. The third-order valence-electron chi connectivity index (χ3n) is 4.27. The van der Waals surface area contributed by atoms with E-state index < -0.39 is 49.9 Å². The first-order valence-corrected chi connectivity index (χ1v) is 12.7. The standard InChI is InChI=1S/C19H33N2O10PS/c1-18(2,3)16(24)33-10-9-21-17(25)28-12-30-32(26)29-11-19(4,5)14(31-32)15(23)20-8-7-13(22)27-6/h14,26H,7-12H2,1-6H3,(H-,20,21,23,25)/p+1/t14-,32?/m0/s1. The molecule has 33 heavy (non-hydrogen) atoms. The van der Waals surface area contributed by atoms with E-state index in [4.69, 9.17) is 18.3 Å². The topological polar surface area (TPSA) is 159 Å². The van der Waals surface area contributed by atoms with Gasteiger partial charge in [-0.1, -0.05) is 46.4 Å². The summed E-state index contributed by atoms with van der Waals surface area (Å²) in [6.07, 6.45) is -1.97. The van der Waals surface area contributed by atoms with Crippen molar-refractivity contribution in [1.82, 2.24) is 10.6 Å². The number of ether oxygens (including phenoxy) is 2. The Hall–Kier alpha value is -1.50. The van der Waals surface area contributed by atoms with E-state index in [0.717, 1.165) is 11.8 Å². The van der Waals surface area contributed by atoms with Gasteiger partial charge in [-0.05, 0) is 0 Å². The van der Waals surface area contributed by atoms with Gasteiger partial charge >= 0.3 is 20.2 Å². The van der Waals surface area contributed by atoms with Crippen LogP contribution in [0.25, 0.3) is 0 Å². The SMILES string of the molecule is COC(=O)CCNC(=O)[C@@H]1O[P+](O)(OCOC(=O)NCCSC(=O)C(C)(C)C)OCC1(C)C. The Balaban J connectivity index is 2.43. The van der Waals surface area contributed by atoms with Crippen LogP contribution in [0.1, 0.15) is 41.0 Å². The van der Waals surface area contributed by atoms with Gasteiger partial charge in [0.2, 0.25) is 6.79 Å². The second kappa shape index (κ2) is 12.8. The van der Waals surface area contributed by atoms with Crippen molar-refractivity contribution in [3.63, 3.8) is 0 Å². The highest BCUT2D eigenvalue weighted by Gasteiger charge is 2.59. The zero-order chi connectivity index (χ0) is 25.3. The zero-order valence-corrected chi connectivity index (χ0v) is 21.5. The molecular formula is C19H34N2O10PS+. The van der Waals surface area contributed by atoms with Gasteiger partial charge in [0, 0.05) is 29.7 Å². The molecule has 0 radical (unpaired) electrons. The smallest absolute Gasteiger partial charge is 0.469 e. The molecule has 1 aliphatic rings. The minimum absolute atomic E-state index is 0.00595. The Labute approximate surface area is 198 Å². The van der Waals surface area contributed by atoms with Gasteiger partial charge in [-0.25, -0.2) is 4.79 Å². The molecule has 12 nitrogen and oxygen atoms in total. The number of rotatable bonds is 10. The van der Waals surface area contributed by atoms with Crippen molar-refractivity contribution in [3.8, 4) is 0 Å². The minimum atomic E-state index is -3.94. The molecule has 190 valence electrons. The number of alkyl carbamates (subject to hydrolysis) is 1. The van der Waals surface area contributed by atoms with Crippen LogP contribution in [0.3, 0.4) is 0 Å². The highest BCUT2D eigenvalue weighted by molar-refractivity contribution is 8.13. The first-order chi connectivity index (χ1) is 15.2. The van der Waals surface area contributed by atoms with E-state index in [1.807, 2.05) is 20.8 Å². The van der Waals surface area contributed by atoms with Crippen LogP contribution in [0.15, 0.2) is 0 Å². The fourth-order valence-corrected chi connectivity index (χ4v) is 4.64. The molecule has 1 unspecified atom stereocenters. The molecule has 1 aliphatic heterocycles. The number of amides is 2. The quantitative estimate of drug-likeness (QED) is 0.169. The first kappa shape index (κ1) is 29.5. The maximum absolute atomic E-state index is 12.5. The van der Waals surface area contributed by atoms with Crippen LogP contribution in [-0.2, 0) is 37.4 Å². The molecule has 2 amide bonds. The van der Waals surface area contributed by atoms with Gasteiger partial charge in [-0.15, -0.1) is 9.05 Å². The summed E-state index contributed by atoms with van der Waals surface area (Å²) in [4.78, 5) is 57.7. The summed E-state index contributed by atoms with van der Waals surface area (Å²) in [5.74, 6) is -0.670. The average Bonchev–Trinajstić information content (AvgIpc) is 2.72. The second-order valence-corrected chi connectivity index (χ2v) is 11.6. The molecule has 1 fully saturated rings. The molecule has 1 rings (SSSR count). The molecular weight excluding hydrogens is 479 g/mol. The molecule has 0 aromatic rings. The number of carbonyl (C=O) groups is 4. The van der Waals surface area contributed by atoms with E-state index in [0.29, 0.717) is 5.75 Å². The molecule has 0 spiro atoms. The summed E-state index contributed by atoms with van der Waals surface area (Å²) in [6.45, 7) is 8.31. The van der Waals surface area contributed by atoms with Crippen LogP contribution < -0.4 is 10.6 Å². The average molecular weight is 514 g/mol. The number of methoxy groups -OCH3 is 1. The summed E-state index contributed by atoms with van der Waals surface area (Å²) in [5, 5.41) is 5.00. The number of carbonyl (C=O) groups excluding carboxylic acids is 4. The zero-order valence-electron chi connectivity index (χ0n) is 19.8. The van der Waals surface area contributed by atoms with E-state index in [9.17, 15) is 24.1 Å². The molecule has 3 N–H and O–H groups in total. The summed E-state index contributed by atoms with van der Waals surface area (Å²) in [6, 6.07) is 0. The van der Waals surface area contributed by atoms with Gasteiger partial charge in [-0.3, -0.25) is 14.4 Å². The predicted molar refractivity (Wildman–Crippen MR) is 121 cm³/mol. The second-order valence-electron chi connectivity index (χ2n) is 8.82. The summed E-state index contributed by atoms with van der Waals surface area (Å²) in [7, 11) is -2.69. The van der Waals surface area contributed by atoms with E-state index in [1.165, 1.54) is 7.11 Å². The normalized spacial score (nSPS) is 22.2. The van der Waals surface area contributed by atoms with E-state index in [2.05, 4.69) is 15.4 Å². The number of hydrogen-bond donors (Lipinski definition) is 3. The Kier molecular flexibility index (Phi) is 11.5. The van der Waals surface area contributed by atoms with Crippen molar-refractivity contribution in [1.29, 1.82) is 0 Å². The van der Waals surface area contributed by atoms with Crippen LogP contribution in [-0.4, -0.2) is 73.4 Å². The highest BCUT2D eigenvalue weighted by atomic mass is 32.2. The fourth-order valence-electron chi connectivity index (χ4n) is 2.29. The van der Waals surface area contributed by atoms with Crippen molar-refractivity contribution >= 4 is 43.0 Å². The van der Waals surface area contributed by atoms with Crippen molar-refractivity contribution in [2.75, 3.05) is 39.4 Å². The van der Waals surface area contributed by atoms with Crippen LogP contribution in [0.5, 0.6) is 0 Å². The molecule has 1 saturated heterocycles. The lowest BCUT2D eigenvalue weighted by atomic mass is 9.87. The Bertz CT molecular complexity index is 715. The monoisotopic (exact) mass is 513 g/mol. The van der Waals surface area contributed by atoms with Gasteiger partial charge in [0.1, 0.15) is 6.61 Å². The maximum Gasteiger partial charge on any atom is 0.576 e. The molecule has 0 aromatic heterocycles. The lowest BCUT2D eigenvalue weighted by Gasteiger charge is -2.36. The van der Waals surface area contributed by atoms with E-state index in [-0.39, 0.29) is 31.2 Å². The lowest BCUT2D eigenvalue weighted by molar-refractivity contribution is -0.146. The van der Waals surface area contributed by atoms with Crippen LogP contribution in [0.2, 0.25) is 0 Å². The minimum Gasteiger partial charge on any atom is -0.469 e.